The van der Waals surface area contributed by atoms with Crippen LogP contribution in [0.3, 0.4) is 0 Å². The van der Waals surface area contributed by atoms with E-state index in [2.05, 4.69) is 0 Å². The van der Waals surface area contributed by atoms with Crippen molar-refractivity contribution in [3.63, 3.8) is 0 Å². The molecule has 4 atom stereocenters. The van der Waals surface area contributed by atoms with Crippen LogP contribution >= 0.6 is 0 Å². The van der Waals surface area contributed by atoms with Crippen molar-refractivity contribution >= 4 is 18.2 Å². The third-order valence-corrected chi connectivity index (χ3v) is 3.61. The van der Waals surface area contributed by atoms with Crippen LogP contribution in [0.4, 0.5) is 4.79 Å². The number of carbonyl (C=O) groups is 2. The highest BCUT2D eigenvalue weighted by molar-refractivity contribution is 6.04. The van der Waals surface area contributed by atoms with E-state index in [9.17, 15) is 19.8 Å². The fraction of sp³-hybridized carbons (Fsp3) is 0.700. The van der Waals surface area contributed by atoms with Gasteiger partial charge in [-0.25, -0.2) is 4.79 Å². The third kappa shape index (κ3) is 1.09. The molecule has 4 bridgehead atoms. The van der Waals surface area contributed by atoms with Gasteiger partial charge in [0, 0.05) is 6.42 Å². The van der Waals surface area contributed by atoms with E-state index in [1.54, 1.807) is 6.92 Å². The quantitative estimate of drug-likeness (QED) is 0.544. The Kier molecular flexibility index (Phi) is 1.99. The lowest BCUT2D eigenvalue weighted by Crippen LogP contribution is -2.70. The Labute approximate surface area is 96.9 Å². The number of aliphatic hydroxyl groups excluding tert-OH is 2. The van der Waals surface area contributed by atoms with Crippen molar-refractivity contribution in [2.45, 2.75) is 31.4 Å². The highest BCUT2D eigenvalue weighted by atomic mass is 16.6. The number of carbonyl (C=O) groups excluding carboxylic acids is 2. The second kappa shape index (κ2) is 3.12. The number of rotatable bonds is 1. The molecule has 0 aliphatic carbocycles. The fourth-order valence-corrected chi connectivity index (χ4v) is 2.67. The molecule has 3 amide bonds. The van der Waals surface area contributed by atoms with Gasteiger partial charge >= 0.3 is 11.9 Å². The van der Waals surface area contributed by atoms with Crippen molar-refractivity contribution in [2.75, 3.05) is 6.61 Å². The number of urea groups is 1. The van der Waals surface area contributed by atoms with Gasteiger partial charge in [0.15, 0.2) is 0 Å². The van der Waals surface area contributed by atoms with Crippen molar-refractivity contribution in [1.29, 1.82) is 0 Å². The summed E-state index contributed by atoms with van der Waals surface area (Å²) in [5.41, 5.74) is -1.60. The van der Waals surface area contributed by atoms with E-state index in [1.807, 2.05) is 0 Å². The van der Waals surface area contributed by atoms with Gasteiger partial charge in [-0.1, -0.05) is 0 Å². The Balaban J connectivity index is 2.19. The minimum atomic E-state index is -1.60. The molecule has 2 N–H and O–H groups in total. The Morgan fingerprint density at radius 2 is 2.35 bits per heavy atom. The zero-order valence-electron chi connectivity index (χ0n) is 9.24. The van der Waals surface area contributed by atoms with Gasteiger partial charge in [-0.05, 0) is 6.92 Å². The maximum Gasteiger partial charge on any atom is 0.505 e. The van der Waals surface area contributed by atoms with Crippen LogP contribution < -0.4 is 0 Å². The normalized spacial score (nSPS) is 44.1. The van der Waals surface area contributed by atoms with Gasteiger partial charge in [-0.15, -0.1) is 4.90 Å². The fourth-order valence-electron chi connectivity index (χ4n) is 2.67. The van der Waals surface area contributed by atoms with Crippen LogP contribution in [-0.4, -0.2) is 62.5 Å². The predicted molar refractivity (Wildman–Crippen MR) is 53.0 cm³/mol. The number of hydrogen-bond donors (Lipinski definition) is 2. The van der Waals surface area contributed by atoms with E-state index >= 15 is 0 Å². The first-order valence-corrected chi connectivity index (χ1v) is 5.49. The second-order valence-electron chi connectivity index (χ2n) is 4.63. The van der Waals surface area contributed by atoms with Gasteiger partial charge in [0.25, 0.3) is 5.72 Å². The van der Waals surface area contributed by atoms with Crippen molar-refractivity contribution in [3.05, 3.63) is 0 Å². The molecule has 0 aromatic heterocycles. The molecule has 3 heterocycles. The third-order valence-electron chi connectivity index (χ3n) is 3.61. The summed E-state index contributed by atoms with van der Waals surface area (Å²) in [4.78, 5) is 24.9. The molecule has 2 fully saturated rings. The number of imide groups is 1. The van der Waals surface area contributed by atoms with Crippen LogP contribution in [0.5, 0.6) is 0 Å². The summed E-state index contributed by atoms with van der Waals surface area (Å²) in [5, 5.41) is 19.4. The largest absolute Gasteiger partial charge is 0.505 e. The van der Waals surface area contributed by atoms with Gasteiger partial charge in [0.2, 0.25) is 6.23 Å². The zero-order valence-corrected chi connectivity index (χ0v) is 9.24. The summed E-state index contributed by atoms with van der Waals surface area (Å²) >= 11 is 0. The summed E-state index contributed by atoms with van der Waals surface area (Å²) in [5.74, 6) is -0.921. The van der Waals surface area contributed by atoms with E-state index < -0.39 is 42.5 Å². The van der Waals surface area contributed by atoms with Crippen LogP contribution in [0.15, 0.2) is 0 Å². The minimum absolute atomic E-state index is 0.194. The molecule has 0 aromatic rings. The van der Waals surface area contributed by atoms with Gasteiger partial charge in [0.05, 0.1) is 6.21 Å². The topological polar surface area (TPSA) is 90.1 Å². The standard InChI is InChI=1S/C10H13N2O5/c1-5-3-11-7-2-6(14)10(4-13,17-7)12(8(5)15)9(11)16/h3,5-7,13-14H,2,4H2,1H3/q+1/t5?,6?,7-,10-/m1/s1. The molecule has 2 unspecified atom stereocenters. The SMILES string of the molecule is CC1C=[N+]2C(=O)N(C1=O)[C@]1(CO)O[C@@H]2CC1O. The number of aliphatic hydroxyl groups is 2. The first-order valence-electron chi connectivity index (χ1n) is 5.49. The first kappa shape index (κ1) is 10.8. The Hall–Kier alpha value is -1.31. The van der Waals surface area contributed by atoms with Crippen molar-refractivity contribution in [1.82, 2.24) is 4.90 Å². The molecule has 92 valence electrons. The summed E-state index contributed by atoms with van der Waals surface area (Å²) in [7, 11) is 0. The molecule has 7 heteroatoms. The van der Waals surface area contributed by atoms with Crippen LogP contribution in [0.1, 0.15) is 13.3 Å². The van der Waals surface area contributed by atoms with Gasteiger partial charge in [-0.3, -0.25) is 4.74 Å². The van der Waals surface area contributed by atoms with Crippen LogP contribution in [0.25, 0.3) is 0 Å². The number of amides is 3. The number of fused-ring (bicyclic) bond motifs is 6. The Bertz CT molecular complexity index is 448. The van der Waals surface area contributed by atoms with Crippen molar-refractivity contribution in [2.24, 2.45) is 5.92 Å². The molecule has 0 spiro atoms. The summed E-state index contributed by atoms with van der Waals surface area (Å²) < 4.78 is 6.80. The molecule has 2 saturated heterocycles. The average Bonchev–Trinajstić information content (AvgIpc) is 2.59. The minimum Gasteiger partial charge on any atom is -0.389 e. The molecular weight excluding hydrogens is 228 g/mol. The van der Waals surface area contributed by atoms with Crippen molar-refractivity contribution in [3.8, 4) is 0 Å². The van der Waals surface area contributed by atoms with Crippen LogP contribution in [0.2, 0.25) is 0 Å². The lowest BCUT2D eigenvalue weighted by Gasteiger charge is -2.39. The van der Waals surface area contributed by atoms with Crippen LogP contribution in [-0.2, 0) is 9.53 Å². The number of nitrogens with zero attached hydrogens (tertiary/aromatic N) is 2. The van der Waals surface area contributed by atoms with Gasteiger partial charge in [-0.2, -0.15) is 9.37 Å². The summed E-state index contributed by atoms with van der Waals surface area (Å²) in [6.07, 6.45) is 0.0373. The lowest BCUT2D eigenvalue weighted by molar-refractivity contribution is -0.562. The molecule has 0 aromatic carbocycles. The van der Waals surface area contributed by atoms with E-state index in [1.165, 1.54) is 10.8 Å². The highest BCUT2D eigenvalue weighted by Gasteiger charge is 2.70. The van der Waals surface area contributed by atoms with E-state index in [4.69, 9.17) is 4.74 Å². The molecule has 0 radical (unpaired) electrons. The molecule has 0 saturated carbocycles. The maximum absolute atomic E-state index is 12.0. The van der Waals surface area contributed by atoms with E-state index in [0.717, 1.165) is 4.90 Å². The monoisotopic (exact) mass is 241 g/mol. The van der Waals surface area contributed by atoms with E-state index in [0.29, 0.717) is 0 Å². The molecule has 17 heavy (non-hydrogen) atoms. The molecule has 3 aliphatic heterocycles. The Morgan fingerprint density at radius 1 is 1.65 bits per heavy atom. The smallest absolute Gasteiger partial charge is 0.389 e. The second-order valence-corrected chi connectivity index (χ2v) is 4.63. The zero-order chi connectivity index (χ0) is 12.4. The highest BCUT2D eigenvalue weighted by Crippen LogP contribution is 2.41. The van der Waals surface area contributed by atoms with Crippen molar-refractivity contribution < 1.29 is 29.1 Å². The van der Waals surface area contributed by atoms with E-state index in [-0.39, 0.29) is 6.42 Å². The molecular formula is C10H13N2O5+. The predicted octanol–water partition coefficient (Wildman–Crippen LogP) is -1.52. The molecule has 3 rings (SSSR count). The maximum atomic E-state index is 12.0. The first-order chi connectivity index (χ1) is 8.01. The van der Waals surface area contributed by atoms with Crippen LogP contribution in [0, 0.1) is 5.92 Å². The lowest BCUT2D eigenvalue weighted by atomic mass is 10.0. The number of ether oxygens (including phenoxy) is 1. The summed E-state index contributed by atoms with van der Waals surface area (Å²) in [6.45, 7) is 1.07. The Morgan fingerprint density at radius 3 is 3.00 bits per heavy atom. The molecule has 3 aliphatic rings. The van der Waals surface area contributed by atoms with Gasteiger partial charge < -0.3 is 10.2 Å². The molecule has 7 nitrogen and oxygen atoms in total. The number of hydrogen-bond acceptors (Lipinski definition) is 5. The van der Waals surface area contributed by atoms with Gasteiger partial charge in [0.1, 0.15) is 18.6 Å². The summed E-state index contributed by atoms with van der Waals surface area (Å²) in [6, 6.07) is -0.532. The average molecular weight is 241 g/mol.